The maximum absolute atomic E-state index is 11.4. The number of amides is 2. The minimum atomic E-state index is -1.34. The lowest BCUT2D eigenvalue weighted by atomic mass is 10.3. The highest BCUT2D eigenvalue weighted by Crippen LogP contribution is 2.14. The maximum atomic E-state index is 11.4. The first-order valence-electron chi connectivity index (χ1n) is 4.69. The summed E-state index contributed by atoms with van der Waals surface area (Å²) in [6.07, 6.45) is 0. The number of carbonyl (C=O) groups excluding carboxylic acids is 1. The zero-order valence-corrected chi connectivity index (χ0v) is 9.44. The summed E-state index contributed by atoms with van der Waals surface area (Å²) in [6, 6.07) is 4.32. The van der Waals surface area contributed by atoms with E-state index < -0.39 is 24.6 Å². The van der Waals surface area contributed by atoms with Crippen LogP contribution in [-0.4, -0.2) is 34.9 Å². The van der Waals surface area contributed by atoms with E-state index in [9.17, 15) is 9.59 Å². The van der Waals surface area contributed by atoms with E-state index in [1.807, 2.05) is 0 Å². The van der Waals surface area contributed by atoms with Crippen LogP contribution in [-0.2, 0) is 4.79 Å². The van der Waals surface area contributed by atoms with E-state index in [2.05, 4.69) is 10.6 Å². The first-order valence-corrected chi connectivity index (χ1v) is 5.07. The quantitative estimate of drug-likeness (QED) is 0.645. The van der Waals surface area contributed by atoms with Crippen LogP contribution in [0.4, 0.5) is 10.5 Å². The number of aliphatic hydroxyl groups excluding tert-OH is 1. The molecule has 0 unspecified atom stereocenters. The number of carboxylic acid groups (broad SMARTS) is 1. The van der Waals surface area contributed by atoms with Crippen molar-refractivity contribution in [1.29, 1.82) is 0 Å². The number of carboxylic acids is 1. The van der Waals surface area contributed by atoms with E-state index in [0.717, 1.165) is 0 Å². The third-order valence-corrected chi connectivity index (χ3v) is 2.10. The number of halogens is 1. The van der Waals surface area contributed by atoms with E-state index in [1.54, 1.807) is 18.2 Å². The molecule has 0 aliphatic carbocycles. The van der Waals surface area contributed by atoms with Gasteiger partial charge in [-0.2, -0.15) is 0 Å². The predicted octanol–water partition coefficient (Wildman–Crippen LogP) is 0.907. The topological polar surface area (TPSA) is 98.7 Å². The van der Waals surface area contributed by atoms with Gasteiger partial charge < -0.3 is 20.8 Å². The summed E-state index contributed by atoms with van der Waals surface area (Å²) in [5, 5.41) is 22.2. The summed E-state index contributed by atoms with van der Waals surface area (Å²) in [5.41, 5.74) is 0.428. The molecule has 0 fully saturated rings. The number of benzene rings is 1. The Labute approximate surface area is 102 Å². The molecule has 92 valence electrons. The highest BCUT2D eigenvalue weighted by atomic mass is 35.5. The van der Waals surface area contributed by atoms with Gasteiger partial charge in [0.2, 0.25) is 0 Å². The second-order valence-electron chi connectivity index (χ2n) is 3.18. The van der Waals surface area contributed by atoms with Gasteiger partial charge in [-0.05, 0) is 18.2 Å². The van der Waals surface area contributed by atoms with Crippen LogP contribution in [0, 0.1) is 0 Å². The van der Waals surface area contributed by atoms with Gasteiger partial charge in [0.05, 0.1) is 6.61 Å². The Morgan fingerprint density at radius 2 is 2.12 bits per heavy atom. The first kappa shape index (κ1) is 13.3. The van der Waals surface area contributed by atoms with Gasteiger partial charge in [0.15, 0.2) is 6.04 Å². The molecule has 1 rings (SSSR count). The third-order valence-electron chi connectivity index (χ3n) is 1.87. The van der Waals surface area contributed by atoms with Crippen LogP contribution >= 0.6 is 11.6 Å². The monoisotopic (exact) mass is 258 g/mol. The molecule has 0 saturated heterocycles. The molecule has 0 radical (unpaired) electrons. The molecular formula is C10H11ClN2O4. The smallest absolute Gasteiger partial charge is 0.328 e. The van der Waals surface area contributed by atoms with Crippen molar-refractivity contribution >= 4 is 29.3 Å². The average molecular weight is 259 g/mol. The van der Waals surface area contributed by atoms with Crippen molar-refractivity contribution in [3.63, 3.8) is 0 Å². The van der Waals surface area contributed by atoms with Crippen LogP contribution in [0.1, 0.15) is 0 Å². The fourth-order valence-corrected chi connectivity index (χ4v) is 1.27. The summed E-state index contributed by atoms with van der Waals surface area (Å²) in [7, 11) is 0. The lowest BCUT2D eigenvalue weighted by molar-refractivity contribution is -0.140. The first-order chi connectivity index (χ1) is 8.02. The molecule has 17 heavy (non-hydrogen) atoms. The Hall–Kier alpha value is -1.79. The van der Waals surface area contributed by atoms with Gasteiger partial charge >= 0.3 is 12.0 Å². The van der Waals surface area contributed by atoms with E-state index in [-0.39, 0.29) is 0 Å². The molecule has 4 N–H and O–H groups in total. The summed E-state index contributed by atoms with van der Waals surface area (Å²) in [6.45, 7) is -0.682. The molecular weight excluding hydrogens is 248 g/mol. The van der Waals surface area contributed by atoms with Crippen molar-refractivity contribution in [1.82, 2.24) is 5.32 Å². The lowest BCUT2D eigenvalue weighted by Gasteiger charge is -2.12. The van der Waals surface area contributed by atoms with Crippen LogP contribution in [0.5, 0.6) is 0 Å². The number of anilines is 1. The number of nitrogens with one attached hydrogen (secondary N) is 2. The second-order valence-corrected chi connectivity index (χ2v) is 3.62. The Morgan fingerprint density at radius 1 is 1.41 bits per heavy atom. The van der Waals surface area contributed by atoms with Gasteiger partial charge in [0, 0.05) is 10.7 Å². The van der Waals surface area contributed by atoms with Crippen LogP contribution in [0.15, 0.2) is 24.3 Å². The van der Waals surface area contributed by atoms with E-state index in [1.165, 1.54) is 6.07 Å². The van der Waals surface area contributed by atoms with E-state index in [4.69, 9.17) is 21.8 Å². The Kier molecular flexibility index (Phi) is 4.74. The molecule has 0 spiro atoms. The normalized spacial score (nSPS) is 11.6. The fraction of sp³-hybridized carbons (Fsp3) is 0.200. The average Bonchev–Trinajstić information content (AvgIpc) is 2.25. The summed E-state index contributed by atoms with van der Waals surface area (Å²) < 4.78 is 0. The molecule has 0 saturated carbocycles. The van der Waals surface area contributed by atoms with Gasteiger partial charge in [-0.15, -0.1) is 0 Å². The minimum absolute atomic E-state index is 0.428. The van der Waals surface area contributed by atoms with Gasteiger partial charge in [-0.3, -0.25) is 0 Å². The Morgan fingerprint density at radius 3 is 2.65 bits per heavy atom. The molecule has 1 atom stereocenters. The van der Waals surface area contributed by atoms with Crippen molar-refractivity contribution in [3.05, 3.63) is 29.3 Å². The third kappa shape index (κ3) is 4.29. The number of hydrogen-bond acceptors (Lipinski definition) is 3. The van der Waals surface area contributed by atoms with Gasteiger partial charge in [0.1, 0.15) is 0 Å². The zero-order valence-electron chi connectivity index (χ0n) is 8.68. The molecule has 0 aromatic heterocycles. The van der Waals surface area contributed by atoms with E-state index >= 15 is 0 Å². The standard InChI is InChI=1S/C10H11ClN2O4/c11-6-2-1-3-7(4-6)12-10(17)13-8(5-14)9(15)16/h1-4,8,14H,5H2,(H,15,16)(H2,12,13,17)/t8-/m1/s1. The predicted molar refractivity (Wildman–Crippen MR) is 62.1 cm³/mol. The minimum Gasteiger partial charge on any atom is -0.480 e. The largest absolute Gasteiger partial charge is 0.480 e. The molecule has 0 heterocycles. The summed E-state index contributed by atoms with van der Waals surface area (Å²) >= 11 is 5.71. The lowest BCUT2D eigenvalue weighted by Crippen LogP contribution is -2.45. The zero-order chi connectivity index (χ0) is 12.8. The Bertz CT molecular complexity index is 425. The summed E-state index contributed by atoms with van der Waals surface area (Å²) in [5.74, 6) is -1.31. The van der Waals surface area contributed by atoms with Gasteiger partial charge in [0.25, 0.3) is 0 Å². The van der Waals surface area contributed by atoms with Gasteiger partial charge in [-0.25, -0.2) is 9.59 Å². The number of aliphatic carboxylic acids is 1. The molecule has 0 aliphatic heterocycles. The molecule has 0 aliphatic rings. The van der Waals surface area contributed by atoms with Crippen molar-refractivity contribution in [3.8, 4) is 0 Å². The van der Waals surface area contributed by atoms with E-state index in [0.29, 0.717) is 10.7 Å². The van der Waals surface area contributed by atoms with Crippen molar-refractivity contribution in [2.24, 2.45) is 0 Å². The van der Waals surface area contributed by atoms with Crippen molar-refractivity contribution in [2.45, 2.75) is 6.04 Å². The molecule has 7 heteroatoms. The molecule has 0 bridgehead atoms. The van der Waals surface area contributed by atoms with Gasteiger partial charge in [-0.1, -0.05) is 17.7 Å². The number of aliphatic hydroxyl groups is 1. The van der Waals surface area contributed by atoms with Crippen LogP contribution in [0.2, 0.25) is 5.02 Å². The maximum Gasteiger partial charge on any atom is 0.328 e. The second kappa shape index (κ2) is 6.07. The number of urea groups is 1. The summed E-state index contributed by atoms with van der Waals surface area (Å²) in [4.78, 5) is 21.9. The highest BCUT2D eigenvalue weighted by molar-refractivity contribution is 6.30. The SMILES string of the molecule is O=C(Nc1cccc(Cl)c1)N[C@H](CO)C(=O)O. The fourth-order valence-electron chi connectivity index (χ4n) is 1.08. The van der Waals surface area contributed by atoms with Crippen LogP contribution < -0.4 is 10.6 Å². The number of carbonyl (C=O) groups is 2. The number of hydrogen-bond donors (Lipinski definition) is 4. The number of rotatable bonds is 4. The molecule has 1 aromatic rings. The van der Waals surface area contributed by atoms with Crippen molar-refractivity contribution in [2.75, 3.05) is 11.9 Å². The molecule has 2 amide bonds. The van der Waals surface area contributed by atoms with Crippen LogP contribution in [0.25, 0.3) is 0 Å². The Balaban J connectivity index is 2.58. The van der Waals surface area contributed by atoms with Crippen LogP contribution in [0.3, 0.4) is 0 Å². The molecule has 1 aromatic carbocycles. The van der Waals surface area contributed by atoms with Crippen molar-refractivity contribution < 1.29 is 19.8 Å². The highest BCUT2D eigenvalue weighted by Gasteiger charge is 2.18. The molecule has 6 nitrogen and oxygen atoms in total.